The molecule has 0 heterocycles. The molecule has 0 radical (unpaired) electrons. The molecule has 0 aromatic heterocycles. The number of nitrogens with zero attached hydrogens (tertiary/aromatic N) is 1. The molecule has 0 spiro atoms. The summed E-state index contributed by atoms with van der Waals surface area (Å²) in [4.78, 5) is 11.1. The van der Waals surface area contributed by atoms with Crippen molar-refractivity contribution in [3.05, 3.63) is 34.3 Å². The summed E-state index contributed by atoms with van der Waals surface area (Å²) in [7, 11) is 2.81. The van der Waals surface area contributed by atoms with Gasteiger partial charge in [-0.3, -0.25) is 0 Å². The minimum Gasteiger partial charge on any atom is -0.496 e. The third kappa shape index (κ3) is 3.33. The number of hydrogen-bond acceptors (Lipinski definition) is 4. The molecule has 0 amide bonds. The van der Waals surface area contributed by atoms with Crippen LogP contribution in [0.2, 0.25) is 0 Å². The van der Waals surface area contributed by atoms with E-state index in [-0.39, 0.29) is 5.57 Å². The number of allylic oxidation sites excluding steroid dienone is 1. The minimum atomic E-state index is -0.562. The number of esters is 1. The lowest BCUT2D eigenvalue weighted by atomic mass is 10.1. The van der Waals surface area contributed by atoms with E-state index in [1.165, 1.54) is 7.11 Å². The van der Waals surface area contributed by atoms with E-state index in [0.29, 0.717) is 15.8 Å². The molecule has 0 atom stereocenters. The molecule has 0 saturated carbocycles. The maximum absolute atomic E-state index is 11.1. The molecule has 0 aliphatic heterocycles. The topological polar surface area (TPSA) is 59.3 Å². The molecule has 0 unspecified atom stereocenters. The van der Waals surface area contributed by atoms with Crippen molar-refractivity contribution in [1.82, 2.24) is 0 Å². The molecule has 1 aromatic carbocycles. The average Bonchev–Trinajstić information content (AvgIpc) is 2.35. The molecule has 0 N–H and O–H groups in total. The fourth-order valence-corrected chi connectivity index (χ4v) is 1.73. The van der Waals surface area contributed by atoms with Crippen LogP contribution in [0.15, 0.2) is 28.7 Å². The first-order valence-electron chi connectivity index (χ1n) is 4.66. The van der Waals surface area contributed by atoms with E-state index in [0.717, 1.165) is 6.08 Å². The van der Waals surface area contributed by atoms with Crippen molar-refractivity contribution in [3.63, 3.8) is 0 Å². The highest BCUT2D eigenvalue weighted by Crippen LogP contribution is 2.28. The number of carbonyl (C=O) groups excluding carboxylic acids is 1. The second-order valence-electron chi connectivity index (χ2n) is 3.04. The summed E-state index contributed by atoms with van der Waals surface area (Å²) < 4.78 is 10.3. The molecule has 1 rings (SSSR count). The van der Waals surface area contributed by atoms with Crippen molar-refractivity contribution in [2.75, 3.05) is 14.2 Å². The van der Waals surface area contributed by atoms with Crippen LogP contribution in [0.5, 0.6) is 5.75 Å². The van der Waals surface area contributed by atoms with E-state index < -0.39 is 5.97 Å². The Hall–Kier alpha value is -1.80. The monoisotopic (exact) mass is 295 g/mol. The van der Waals surface area contributed by atoms with Gasteiger partial charge < -0.3 is 9.47 Å². The Morgan fingerprint density at radius 2 is 2.18 bits per heavy atom. The largest absolute Gasteiger partial charge is 0.496 e. The first-order chi connectivity index (χ1) is 8.12. The maximum Gasteiger partial charge on any atom is 0.331 e. The van der Waals surface area contributed by atoms with Gasteiger partial charge in [0, 0.05) is 6.08 Å². The maximum atomic E-state index is 11.1. The Morgan fingerprint density at radius 3 is 2.65 bits per heavy atom. The van der Waals surface area contributed by atoms with E-state index >= 15 is 0 Å². The highest BCUT2D eigenvalue weighted by molar-refractivity contribution is 9.10. The molecular formula is C12H10BrNO3. The fraction of sp³-hybridized carbons (Fsp3) is 0.167. The van der Waals surface area contributed by atoms with Gasteiger partial charge in [-0.1, -0.05) is 0 Å². The van der Waals surface area contributed by atoms with E-state index in [1.54, 1.807) is 25.3 Å². The first-order valence-corrected chi connectivity index (χ1v) is 5.45. The highest BCUT2D eigenvalue weighted by atomic mass is 79.9. The molecule has 17 heavy (non-hydrogen) atoms. The van der Waals surface area contributed by atoms with Crippen molar-refractivity contribution in [3.8, 4) is 11.8 Å². The normalized spacial score (nSPS) is 10.6. The summed E-state index contributed by atoms with van der Waals surface area (Å²) in [6, 6.07) is 7.06. The summed E-state index contributed by atoms with van der Waals surface area (Å²) >= 11 is 3.31. The van der Waals surface area contributed by atoms with Gasteiger partial charge in [0.1, 0.15) is 11.8 Å². The Balaban J connectivity index is 3.15. The molecule has 1 aromatic rings. The molecule has 0 saturated heterocycles. The van der Waals surface area contributed by atoms with Crippen LogP contribution in [0.4, 0.5) is 0 Å². The molecule has 4 nitrogen and oxygen atoms in total. The van der Waals surface area contributed by atoms with Gasteiger partial charge in [0.2, 0.25) is 0 Å². The van der Waals surface area contributed by atoms with Crippen LogP contribution in [0.3, 0.4) is 0 Å². The summed E-state index contributed by atoms with van der Waals surface area (Å²) in [6.07, 6.45) is 1.15. The van der Waals surface area contributed by atoms with Gasteiger partial charge in [-0.25, -0.2) is 4.79 Å². The lowest BCUT2D eigenvalue weighted by molar-refractivity contribution is -0.134. The van der Waals surface area contributed by atoms with Crippen molar-refractivity contribution >= 4 is 27.5 Å². The highest BCUT2D eigenvalue weighted by Gasteiger charge is 2.07. The average molecular weight is 296 g/mol. The van der Waals surface area contributed by atoms with E-state index in [9.17, 15) is 4.79 Å². The summed E-state index contributed by atoms with van der Waals surface area (Å²) in [5, 5.41) is 8.97. The third-order valence-corrected chi connectivity index (χ3v) is 2.67. The molecule has 0 aliphatic rings. The molecule has 88 valence electrons. The number of rotatable bonds is 3. The van der Waals surface area contributed by atoms with Gasteiger partial charge in [-0.2, -0.15) is 5.26 Å². The molecule has 0 aliphatic carbocycles. The smallest absolute Gasteiger partial charge is 0.331 e. The zero-order valence-electron chi connectivity index (χ0n) is 9.36. The number of methoxy groups -OCH3 is 2. The number of nitriles is 1. The quantitative estimate of drug-likeness (QED) is 0.488. The van der Waals surface area contributed by atoms with Crippen molar-refractivity contribution in [2.24, 2.45) is 0 Å². The molecule has 0 bridgehead atoms. The Labute approximate surface area is 108 Å². The van der Waals surface area contributed by atoms with Crippen molar-refractivity contribution in [1.29, 1.82) is 5.26 Å². The van der Waals surface area contributed by atoms with E-state index in [2.05, 4.69) is 20.7 Å². The first kappa shape index (κ1) is 13.3. The standard InChI is InChI=1S/C12H10BrNO3/c1-16-11-4-3-8(5-10(11)13)9(7-14)6-12(15)17-2/h3-6H,1-2H3/b9-6+. The Morgan fingerprint density at radius 1 is 1.47 bits per heavy atom. The second kappa shape index (κ2) is 6.06. The van der Waals surface area contributed by atoms with Gasteiger partial charge >= 0.3 is 5.97 Å². The van der Waals surface area contributed by atoms with E-state index in [4.69, 9.17) is 10.00 Å². The van der Waals surface area contributed by atoms with Crippen LogP contribution in [-0.4, -0.2) is 20.2 Å². The van der Waals surface area contributed by atoms with Crippen LogP contribution < -0.4 is 4.74 Å². The van der Waals surface area contributed by atoms with Crippen LogP contribution >= 0.6 is 15.9 Å². The van der Waals surface area contributed by atoms with Crippen LogP contribution in [0.25, 0.3) is 5.57 Å². The van der Waals surface area contributed by atoms with Crippen LogP contribution in [-0.2, 0) is 9.53 Å². The molecule has 0 fully saturated rings. The Bertz CT molecular complexity index is 503. The number of hydrogen-bond donors (Lipinski definition) is 0. The zero-order valence-corrected chi connectivity index (χ0v) is 10.9. The lowest BCUT2D eigenvalue weighted by Crippen LogP contribution is -1.96. The van der Waals surface area contributed by atoms with Crippen LogP contribution in [0, 0.1) is 11.3 Å². The zero-order chi connectivity index (χ0) is 12.8. The fourth-order valence-electron chi connectivity index (χ4n) is 1.19. The predicted octanol–water partition coefficient (Wildman–Crippen LogP) is 2.54. The number of benzene rings is 1. The van der Waals surface area contributed by atoms with Gasteiger partial charge in [-0.15, -0.1) is 0 Å². The van der Waals surface area contributed by atoms with Crippen LogP contribution in [0.1, 0.15) is 5.56 Å². The summed E-state index contributed by atoms with van der Waals surface area (Å²) in [6.45, 7) is 0. The molecular weight excluding hydrogens is 286 g/mol. The summed E-state index contributed by atoms with van der Waals surface area (Å²) in [5.74, 6) is 0.0950. The second-order valence-corrected chi connectivity index (χ2v) is 3.90. The SMILES string of the molecule is COC(=O)/C=C(\C#N)c1ccc(OC)c(Br)c1. The minimum absolute atomic E-state index is 0.236. The third-order valence-electron chi connectivity index (χ3n) is 2.05. The number of halogens is 1. The van der Waals surface area contributed by atoms with E-state index in [1.807, 2.05) is 6.07 Å². The van der Waals surface area contributed by atoms with Gasteiger partial charge in [0.15, 0.2) is 0 Å². The summed E-state index contributed by atoms with van der Waals surface area (Å²) in [5.41, 5.74) is 0.853. The predicted molar refractivity (Wildman–Crippen MR) is 66.3 cm³/mol. The lowest BCUT2D eigenvalue weighted by Gasteiger charge is -2.05. The van der Waals surface area contributed by atoms with Gasteiger partial charge in [-0.05, 0) is 39.7 Å². The number of carbonyl (C=O) groups is 1. The molecule has 5 heteroatoms. The van der Waals surface area contributed by atoms with Crippen molar-refractivity contribution < 1.29 is 14.3 Å². The number of ether oxygens (including phenoxy) is 2. The van der Waals surface area contributed by atoms with Gasteiger partial charge in [0.25, 0.3) is 0 Å². The Kier molecular flexibility index (Phi) is 4.73. The van der Waals surface area contributed by atoms with Crippen molar-refractivity contribution in [2.45, 2.75) is 0 Å². The van der Waals surface area contributed by atoms with Gasteiger partial charge in [0.05, 0.1) is 24.3 Å².